The van der Waals surface area contributed by atoms with Crippen LogP contribution in [0.15, 0.2) is 48.5 Å². The third kappa shape index (κ3) is 3.46. The summed E-state index contributed by atoms with van der Waals surface area (Å²) in [7, 11) is 4.00. The Balaban J connectivity index is 2.28. The highest BCUT2D eigenvalue weighted by molar-refractivity contribution is 5.80. The molecule has 1 N–H and O–H groups in total. The molecule has 0 saturated heterocycles. The molecule has 0 aliphatic heterocycles. The maximum Gasteiger partial charge on any atom is 0.339 e. The molecule has 1 atom stereocenters. The first-order chi connectivity index (χ1) is 10.5. The van der Waals surface area contributed by atoms with Crippen molar-refractivity contribution in [1.29, 1.82) is 0 Å². The van der Waals surface area contributed by atoms with Gasteiger partial charge in [0.25, 0.3) is 0 Å². The van der Waals surface area contributed by atoms with E-state index in [1.165, 1.54) is 0 Å². The molecule has 4 heteroatoms. The Hall–Kier alpha value is -2.33. The van der Waals surface area contributed by atoms with E-state index in [2.05, 4.69) is 11.0 Å². The Morgan fingerprint density at radius 2 is 1.77 bits per heavy atom. The normalized spacial score (nSPS) is 11.8. The van der Waals surface area contributed by atoms with Gasteiger partial charge in [0.1, 0.15) is 0 Å². The number of para-hydroxylation sites is 1. The number of aliphatic hydroxyl groups is 1. The number of benzene rings is 2. The second-order valence-electron chi connectivity index (χ2n) is 5.19. The topological polar surface area (TPSA) is 49.8 Å². The quantitative estimate of drug-likeness (QED) is 0.862. The number of hydrogen-bond donors (Lipinski definition) is 1. The number of aliphatic hydroxyl groups excluding tert-OH is 1. The van der Waals surface area contributed by atoms with Gasteiger partial charge in [0.2, 0.25) is 0 Å². The summed E-state index contributed by atoms with van der Waals surface area (Å²) < 4.78 is 4.83. The number of anilines is 1. The first-order valence-corrected chi connectivity index (χ1v) is 7.26. The lowest BCUT2D eigenvalue weighted by Crippen LogP contribution is -2.15. The third-order valence-electron chi connectivity index (χ3n) is 3.43. The van der Waals surface area contributed by atoms with Gasteiger partial charge in [-0.05, 0) is 24.1 Å². The molecule has 0 fully saturated rings. The average Bonchev–Trinajstić information content (AvgIpc) is 2.54. The van der Waals surface area contributed by atoms with Gasteiger partial charge in [0.05, 0.1) is 6.61 Å². The summed E-state index contributed by atoms with van der Waals surface area (Å²) in [6.07, 6.45) is -1.24. The zero-order valence-corrected chi connectivity index (χ0v) is 13.1. The van der Waals surface area contributed by atoms with Gasteiger partial charge in [0, 0.05) is 25.3 Å². The van der Waals surface area contributed by atoms with Crippen molar-refractivity contribution in [2.24, 2.45) is 0 Å². The van der Waals surface area contributed by atoms with E-state index in [0.29, 0.717) is 5.56 Å². The van der Waals surface area contributed by atoms with Crippen molar-refractivity contribution in [2.45, 2.75) is 13.0 Å². The fraction of sp³-hybridized carbons (Fsp3) is 0.278. The molecule has 0 bridgehead atoms. The minimum Gasteiger partial charge on any atom is -0.464 e. The molecule has 1 unspecified atom stereocenters. The van der Waals surface area contributed by atoms with E-state index in [1.807, 2.05) is 44.4 Å². The zero-order valence-electron chi connectivity index (χ0n) is 13.1. The Morgan fingerprint density at radius 1 is 1.14 bits per heavy atom. The van der Waals surface area contributed by atoms with E-state index in [9.17, 15) is 9.90 Å². The fourth-order valence-corrected chi connectivity index (χ4v) is 2.31. The van der Waals surface area contributed by atoms with Gasteiger partial charge in [-0.3, -0.25) is 0 Å². The van der Waals surface area contributed by atoms with E-state index in [4.69, 9.17) is 4.74 Å². The van der Waals surface area contributed by atoms with Crippen LogP contribution < -0.4 is 4.90 Å². The van der Waals surface area contributed by atoms with Crippen LogP contribution in [0.5, 0.6) is 0 Å². The predicted molar refractivity (Wildman–Crippen MR) is 87.8 cm³/mol. The van der Waals surface area contributed by atoms with Crippen LogP contribution in [0.25, 0.3) is 11.1 Å². The van der Waals surface area contributed by atoms with Gasteiger partial charge >= 0.3 is 5.97 Å². The molecule has 2 rings (SSSR count). The van der Waals surface area contributed by atoms with Gasteiger partial charge < -0.3 is 14.7 Å². The summed E-state index contributed by atoms with van der Waals surface area (Å²) in [6, 6.07) is 15.4. The van der Waals surface area contributed by atoms with Crippen molar-refractivity contribution >= 4 is 11.7 Å². The first kappa shape index (κ1) is 16.0. The standard InChI is InChI=1S/C18H21NO3/c1-4-22-18(21)17(20)14-11-9-13(10-12-14)15-7-5-6-8-16(15)19(2)3/h5-12,17,20H,4H2,1-3H3. The van der Waals surface area contributed by atoms with Gasteiger partial charge in [-0.25, -0.2) is 4.79 Å². The summed E-state index contributed by atoms with van der Waals surface area (Å²) in [4.78, 5) is 13.6. The Kier molecular flexibility index (Phi) is 5.17. The molecule has 0 saturated carbocycles. The van der Waals surface area contributed by atoms with E-state index in [1.54, 1.807) is 19.1 Å². The monoisotopic (exact) mass is 299 g/mol. The summed E-state index contributed by atoms with van der Waals surface area (Å²) in [5.74, 6) is -0.621. The Labute approximate surface area is 131 Å². The molecule has 0 radical (unpaired) electrons. The average molecular weight is 299 g/mol. The van der Waals surface area contributed by atoms with E-state index in [-0.39, 0.29) is 6.61 Å². The Morgan fingerprint density at radius 3 is 2.36 bits per heavy atom. The van der Waals surface area contributed by atoms with Crippen molar-refractivity contribution in [3.63, 3.8) is 0 Å². The number of hydrogen-bond acceptors (Lipinski definition) is 4. The van der Waals surface area contributed by atoms with Crippen LogP contribution >= 0.6 is 0 Å². The minimum atomic E-state index is -1.24. The molecule has 2 aromatic rings. The van der Waals surface area contributed by atoms with Gasteiger partial charge in [-0.2, -0.15) is 0 Å². The molecular weight excluding hydrogens is 278 g/mol. The Bertz CT molecular complexity index is 635. The number of carbonyl (C=O) groups excluding carboxylic acids is 1. The highest BCUT2D eigenvalue weighted by atomic mass is 16.5. The second-order valence-corrected chi connectivity index (χ2v) is 5.19. The molecular formula is C18H21NO3. The lowest BCUT2D eigenvalue weighted by Gasteiger charge is -2.18. The SMILES string of the molecule is CCOC(=O)C(O)c1ccc(-c2ccccc2N(C)C)cc1. The third-order valence-corrected chi connectivity index (χ3v) is 3.43. The minimum absolute atomic E-state index is 0.254. The van der Waals surface area contributed by atoms with Gasteiger partial charge in [0.15, 0.2) is 6.10 Å². The van der Waals surface area contributed by atoms with Crippen molar-refractivity contribution in [3.05, 3.63) is 54.1 Å². The molecule has 4 nitrogen and oxygen atoms in total. The maximum atomic E-state index is 11.6. The lowest BCUT2D eigenvalue weighted by molar-refractivity contribution is -0.153. The summed E-state index contributed by atoms with van der Waals surface area (Å²) in [5, 5.41) is 9.94. The van der Waals surface area contributed by atoms with Crippen LogP contribution in [0.3, 0.4) is 0 Å². The molecule has 0 heterocycles. The smallest absolute Gasteiger partial charge is 0.339 e. The zero-order chi connectivity index (χ0) is 16.1. The van der Waals surface area contributed by atoms with Crippen LogP contribution in [0.2, 0.25) is 0 Å². The number of nitrogens with zero attached hydrogens (tertiary/aromatic N) is 1. The van der Waals surface area contributed by atoms with Crippen LogP contribution in [-0.4, -0.2) is 31.8 Å². The largest absolute Gasteiger partial charge is 0.464 e. The summed E-state index contributed by atoms with van der Waals surface area (Å²) >= 11 is 0. The van der Waals surface area contributed by atoms with Gasteiger partial charge in [-0.15, -0.1) is 0 Å². The van der Waals surface area contributed by atoms with E-state index >= 15 is 0 Å². The van der Waals surface area contributed by atoms with Crippen LogP contribution in [0, 0.1) is 0 Å². The molecule has 2 aromatic carbocycles. The number of ether oxygens (including phenoxy) is 1. The lowest BCUT2D eigenvalue weighted by atomic mass is 10.00. The highest BCUT2D eigenvalue weighted by Crippen LogP contribution is 2.30. The molecule has 0 spiro atoms. The molecule has 0 aromatic heterocycles. The molecule has 0 aliphatic rings. The molecule has 22 heavy (non-hydrogen) atoms. The number of rotatable bonds is 5. The first-order valence-electron chi connectivity index (χ1n) is 7.26. The second kappa shape index (κ2) is 7.09. The molecule has 116 valence electrons. The number of carbonyl (C=O) groups is 1. The summed E-state index contributed by atoms with van der Waals surface area (Å²) in [6.45, 7) is 1.97. The van der Waals surface area contributed by atoms with Crippen LogP contribution in [0.4, 0.5) is 5.69 Å². The fourth-order valence-electron chi connectivity index (χ4n) is 2.31. The predicted octanol–water partition coefficient (Wildman–Crippen LogP) is 3.02. The van der Waals surface area contributed by atoms with Gasteiger partial charge in [-0.1, -0.05) is 42.5 Å². The molecule has 0 amide bonds. The number of esters is 1. The van der Waals surface area contributed by atoms with E-state index in [0.717, 1.165) is 16.8 Å². The van der Waals surface area contributed by atoms with Crippen molar-refractivity contribution < 1.29 is 14.6 Å². The summed E-state index contributed by atoms with van der Waals surface area (Å²) in [5.41, 5.74) is 3.78. The van der Waals surface area contributed by atoms with Crippen LogP contribution in [0.1, 0.15) is 18.6 Å². The van der Waals surface area contributed by atoms with E-state index < -0.39 is 12.1 Å². The molecule has 0 aliphatic carbocycles. The van der Waals surface area contributed by atoms with Crippen molar-refractivity contribution in [1.82, 2.24) is 0 Å². The van der Waals surface area contributed by atoms with Crippen molar-refractivity contribution in [2.75, 3.05) is 25.6 Å². The van der Waals surface area contributed by atoms with Crippen LogP contribution in [-0.2, 0) is 9.53 Å². The highest BCUT2D eigenvalue weighted by Gasteiger charge is 2.18. The van der Waals surface area contributed by atoms with Crippen molar-refractivity contribution in [3.8, 4) is 11.1 Å². The maximum absolute atomic E-state index is 11.6.